The van der Waals surface area contributed by atoms with E-state index in [4.69, 9.17) is 4.74 Å². The second-order valence-electron chi connectivity index (χ2n) is 6.58. The number of benzene rings is 1. The van der Waals surface area contributed by atoms with Gasteiger partial charge >= 0.3 is 0 Å². The van der Waals surface area contributed by atoms with Crippen molar-refractivity contribution >= 4 is 18.3 Å². The second-order valence-corrected chi connectivity index (χ2v) is 6.58. The summed E-state index contributed by atoms with van der Waals surface area (Å²) >= 11 is 0. The molecule has 0 aliphatic carbocycles. The Kier molecular flexibility index (Phi) is 7.48. The number of hydrogen-bond donors (Lipinski definition) is 2. The first-order valence-corrected chi connectivity index (χ1v) is 8.87. The van der Waals surface area contributed by atoms with Crippen LogP contribution in [0.3, 0.4) is 0 Å². The van der Waals surface area contributed by atoms with Crippen LogP contribution >= 0.6 is 12.4 Å². The molecule has 1 amide bonds. The number of nitrogens with one attached hydrogen (secondary N) is 2. The van der Waals surface area contributed by atoms with Gasteiger partial charge < -0.3 is 15.4 Å². The van der Waals surface area contributed by atoms with Gasteiger partial charge in [-0.3, -0.25) is 4.79 Å². The van der Waals surface area contributed by atoms with Crippen molar-refractivity contribution in [3.63, 3.8) is 0 Å². The average Bonchev–Trinajstić information content (AvgIpc) is 3.12. The number of rotatable bonds is 6. The third-order valence-corrected chi connectivity index (χ3v) is 4.64. The largest absolute Gasteiger partial charge is 0.494 e. The number of halogens is 1. The molecule has 2 N–H and O–H groups in total. The highest BCUT2D eigenvalue weighted by atomic mass is 35.5. The maximum absolute atomic E-state index is 12.3. The molecule has 2 heterocycles. The summed E-state index contributed by atoms with van der Waals surface area (Å²) in [4.78, 5) is 12.3. The molecule has 1 aliphatic rings. The quantitative estimate of drug-likeness (QED) is 0.811. The van der Waals surface area contributed by atoms with Crippen molar-refractivity contribution in [1.82, 2.24) is 20.4 Å². The zero-order valence-corrected chi connectivity index (χ0v) is 16.1. The first-order valence-electron chi connectivity index (χ1n) is 8.87. The highest BCUT2D eigenvalue weighted by Crippen LogP contribution is 2.23. The Morgan fingerprint density at radius 1 is 1.42 bits per heavy atom. The fraction of sp³-hybridized carbons (Fsp3) is 0.474. The van der Waals surface area contributed by atoms with Crippen LogP contribution < -0.4 is 15.4 Å². The summed E-state index contributed by atoms with van der Waals surface area (Å²) in [5, 5.41) is 10.8. The van der Waals surface area contributed by atoms with Crippen LogP contribution in [0.2, 0.25) is 0 Å². The van der Waals surface area contributed by atoms with Crippen LogP contribution in [0.4, 0.5) is 0 Å². The molecule has 1 unspecified atom stereocenters. The molecule has 1 saturated heterocycles. The lowest BCUT2D eigenvalue weighted by Gasteiger charge is -2.22. The molecule has 7 heteroatoms. The van der Waals surface area contributed by atoms with E-state index in [1.54, 1.807) is 24.1 Å². The number of aromatic nitrogens is 2. The number of carbonyl (C=O) groups excluding carboxylic acids is 1. The molecule has 1 atom stereocenters. The lowest BCUT2D eigenvalue weighted by atomic mass is 9.96. The smallest absolute Gasteiger partial charge is 0.271 e. The fourth-order valence-electron chi connectivity index (χ4n) is 3.21. The standard InChI is InChI=1S/C19H26N4O2.ClH/c1-14-5-6-18(25-2)17(12-14)23-11-8-16(22-23)19(24)21-10-7-15-4-3-9-20-13-15;/h5-6,8,11-12,15,20H,3-4,7,9-10,13H2,1-2H3,(H,21,24);1H. The molecule has 0 spiro atoms. The molecular weight excluding hydrogens is 352 g/mol. The number of hydrogen-bond acceptors (Lipinski definition) is 4. The van der Waals surface area contributed by atoms with Crippen molar-refractivity contribution in [2.45, 2.75) is 26.2 Å². The van der Waals surface area contributed by atoms with Crippen molar-refractivity contribution in [2.24, 2.45) is 5.92 Å². The topological polar surface area (TPSA) is 68.2 Å². The Labute approximate surface area is 160 Å². The van der Waals surface area contributed by atoms with Crippen LogP contribution in [0.1, 0.15) is 35.3 Å². The highest BCUT2D eigenvalue weighted by molar-refractivity contribution is 5.92. The van der Waals surface area contributed by atoms with E-state index < -0.39 is 0 Å². The van der Waals surface area contributed by atoms with E-state index in [1.165, 1.54) is 12.8 Å². The van der Waals surface area contributed by atoms with Crippen LogP contribution in [0.5, 0.6) is 5.75 Å². The van der Waals surface area contributed by atoms with E-state index in [9.17, 15) is 4.79 Å². The number of ether oxygens (including phenoxy) is 1. The van der Waals surface area contributed by atoms with Crippen LogP contribution in [0, 0.1) is 12.8 Å². The second kappa shape index (κ2) is 9.59. The molecular formula is C19H27ClN4O2. The van der Waals surface area contributed by atoms with Gasteiger partial charge in [-0.05, 0) is 69.0 Å². The van der Waals surface area contributed by atoms with Crippen molar-refractivity contribution in [3.05, 3.63) is 41.7 Å². The van der Waals surface area contributed by atoms with Crippen molar-refractivity contribution in [2.75, 3.05) is 26.7 Å². The first-order chi connectivity index (χ1) is 12.2. The predicted octanol–water partition coefficient (Wildman–Crippen LogP) is 2.73. The number of carbonyl (C=O) groups is 1. The number of amides is 1. The summed E-state index contributed by atoms with van der Waals surface area (Å²) in [6, 6.07) is 7.62. The average molecular weight is 379 g/mol. The summed E-state index contributed by atoms with van der Waals surface area (Å²) < 4.78 is 7.08. The molecule has 6 nitrogen and oxygen atoms in total. The third kappa shape index (κ3) is 4.99. The summed E-state index contributed by atoms with van der Waals surface area (Å²) in [5.41, 5.74) is 2.36. The van der Waals surface area contributed by atoms with Gasteiger partial charge in [0.05, 0.1) is 7.11 Å². The van der Waals surface area contributed by atoms with E-state index in [0.29, 0.717) is 18.2 Å². The minimum atomic E-state index is -0.130. The van der Waals surface area contributed by atoms with Gasteiger partial charge in [0.15, 0.2) is 5.69 Å². The third-order valence-electron chi connectivity index (χ3n) is 4.64. The fourth-order valence-corrected chi connectivity index (χ4v) is 3.21. The zero-order valence-electron chi connectivity index (χ0n) is 15.3. The van der Waals surface area contributed by atoms with Gasteiger partial charge in [0, 0.05) is 12.7 Å². The molecule has 0 bridgehead atoms. The predicted molar refractivity (Wildman–Crippen MR) is 105 cm³/mol. The van der Waals surface area contributed by atoms with E-state index in [2.05, 4.69) is 15.7 Å². The molecule has 1 aliphatic heterocycles. The van der Waals surface area contributed by atoms with Crippen molar-refractivity contribution < 1.29 is 9.53 Å². The van der Waals surface area contributed by atoms with Gasteiger partial charge in [-0.2, -0.15) is 5.10 Å². The molecule has 1 aromatic heterocycles. The summed E-state index contributed by atoms with van der Waals surface area (Å²) in [7, 11) is 1.63. The molecule has 2 aromatic rings. The molecule has 0 radical (unpaired) electrons. The van der Waals surface area contributed by atoms with E-state index in [1.807, 2.05) is 25.1 Å². The highest BCUT2D eigenvalue weighted by Gasteiger charge is 2.15. The van der Waals surface area contributed by atoms with Gasteiger partial charge in [0.1, 0.15) is 11.4 Å². The molecule has 26 heavy (non-hydrogen) atoms. The first kappa shape index (κ1) is 20.3. The maximum Gasteiger partial charge on any atom is 0.271 e. The van der Waals surface area contributed by atoms with E-state index in [-0.39, 0.29) is 18.3 Å². The summed E-state index contributed by atoms with van der Waals surface area (Å²) in [6.07, 6.45) is 5.26. The van der Waals surface area contributed by atoms with Gasteiger partial charge in [0.2, 0.25) is 0 Å². The number of piperidine rings is 1. The normalized spacial score (nSPS) is 16.6. The van der Waals surface area contributed by atoms with Crippen LogP contribution in [0.15, 0.2) is 30.5 Å². The van der Waals surface area contributed by atoms with Gasteiger partial charge in [-0.1, -0.05) is 6.07 Å². The van der Waals surface area contributed by atoms with Crippen LogP contribution in [-0.4, -0.2) is 42.4 Å². The minimum absolute atomic E-state index is 0. The van der Waals surface area contributed by atoms with Crippen molar-refractivity contribution in [1.29, 1.82) is 0 Å². The van der Waals surface area contributed by atoms with E-state index in [0.717, 1.165) is 36.5 Å². The SMILES string of the molecule is COc1ccc(C)cc1-n1ccc(C(=O)NCCC2CCCNC2)n1.Cl. The molecule has 1 fully saturated rings. The Balaban J connectivity index is 0.00000243. The Morgan fingerprint density at radius 2 is 2.27 bits per heavy atom. The van der Waals surface area contributed by atoms with Gasteiger partial charge in [-0.25, -0.2) is 4.68 Å². The Morgan fingerprint density at radius 3 is 3.00 bits per heavy atom. The number of methoxy groups -OCH3 is 1. The Bertz CT molecular complexity index is 726. The Hall–Kier alpha value is -2.05. The number of aryl methyl sites for hydroxylation is 1. The minimum Gasteiger partial charge on any atom is -0.494 e. The molecule has 1 aromatic carbocycles. The lowest BCUT2D eigenvalue weighted by Crippen LogP contribution is -2.33. The maximum atomic E-state index is 12.3. The summed E-state index contributed by atoms with van der Waals surface area (Å²) in [5.74, 6) is 1.25. The van der Waals surface area contributed by atoms with Gasteiger partial charge in [-0.15, -0.1) is 12.4 Å². The lowest BCUT2D eigenvalue weighted by molar-refractivity contribution is 0.0945. The summed E-state index contributed by atoms with van der Waals surface area (Å²) in [6.45, 7) is 4.87. The monoisotopic (exact) mass is 378 g/mol. The molecule has 3 rings (SSSR count). The number of nitrogens with zero attached hydrogens (tertiary/aromatic N) is 2. The van der Waals surface area contributed by atoms with E-state index >= 15 is 0 Å². The van der Waals surface area contributed by atoms with Crippen molar-refractivity contribution in [3.8, 4) is 11.4 Å². The zero-order chi connectivity index (χ0) is 17.6. The van der Waals surface area contributed by atoms with Crippen LogP contribution in [-0.2, 0) is 0 Å². The molecule has 142 valence electrons. The van der Waals surface area contributed by atoms with Crippen LogP contribution in [0.25, 0.3) is 5.69 Å². The van der Waals surface area contributed by atoms with Gasteiger partial charge in [0.25, 0.3) is 5.91 Å². The molecule has 0 saturated carbocycles.